The largest absolute Gasteiger partial charge is 0.497 e. The molecule has 0 saturated heterocycles. The van der Waals surface area contributed by atoms with Crippen LogP contribution in [-0.4, -0.2) is 47.2 Å². The quantitative estimate of drug-likeness (QED) is 0.365. The molecule has 9 heteroatoms. The molecule has 0 aliphatic carbocycles. The van der Waals surface area contributed by atoms with Gasteiger partial charge in [-0.1, -0.05) is 18.2 Å². The zero-order chi connectivity index (χ0) is 20.7. The first kappa shape index (κ1) is 20.4. The van der Waals surface area contributed by atoms with E-state index in [0.717, 1.165) is 0 Å². The number of amides is 1. The molecule has 28 heavy (non-hydrogen) atoms. The number of carboxylic acid groups (broad SMARTS) is 2. The van der Waals surface area contributed by atoms with Crippen LogP contribution in [0.4, 0.5) is 0 Å². The highest BCUT2D eigenvalue weighted by atomic mass is 16.5. The summed E-state index contributed by atoms with van der Waals surface area (Å²) < 4.78 is 10.3. The van der Waals surface area contributed by atoms with Crippen molar-refractivity contribution in [1.29, 1.82) is 0 Å². The molecule has 0 aliphatic heterocycles. The maximum absolute atomic E-state index is 12.2. The molecule has 0 radical (unpaired) electrons. The van der Waals surface area contributed by atoms with Gasteiger partial charge in [-0.2, -0.15) is 0 Å². The first-order valence-corrected chi connectivity index (χ1v) is 8.02. The SMILES string of the molecule is COc1cccc(C(=O)Oc2ccc(C[C@@H](NC(=O)C(=O)O)C(=O)O)cc2)c1. The smallest absolute Gasteiger partial charge is 0.394 e. The van der Waals surface area contributed by atoms with Crippen molar-refractivity contribution >= 4 is 23.8 Å². The van der Waals surface area contributed by atoms with E-state index in [0.29, 0.717) is 16.9 Å². The van der Waals surface area contributed by atoms with E-state index < -0.39 is 29.9 Å². The van der Waals surface area contributed by atoms with Gasteiger partial charge in [0.1, 0.15) is 17.5 Å². The zero-order valence-corrected chi connectivity index (χ0v) is 14.7. The van der Waals surface area contributed by atoms with Gasteiger partial charge in [-0.3, -0.25) is 4.79 Å². The van der Waals surface area contributed by atoms with Crippen LogP contribution in [0.25, 0.3) is 0 Å². The average Bonchev–Trinajstić information content (AvgIpc) is 2.68. The number of carbonyl (C=O) groups is 4. The number of methoxy groups -OCH3 is 1. The number of esters is 1. The molecule has 1 amide bonds. The number of aliphatic carboxylic acids is 2. The van der Waals surface area contributed by atoms with Crippen molar-refractivity contribution in [1.82, 2.24) is 5.32 Å². The van der Waals surface area contributed by atoms with E-state index in [4.69, 9.17) is 19.7 Å². The Morgan fingerprint density at radius 2 is 1.68 bits per heavy atom. The van der Waals surface area contributed by atoms with Gasteiger partial charge in [-0.05, 0) is 35.9 Å². The van der Waals surface area contributed by atoms with Crippen LogP contribution in [0.3, 0.4) is 0 Å². The Labute approximate surface area is 159 Å². The summed E-state index contributed by atoms with van der Waals surface area (Å²) in [4.78, 5) is 45.1. The van der Waals surface area contributed by atoms with Crippen molar-refractivity contribution in [3.8, 4) is 11.5 Å². The highest BCUT2D eigenvalue weighted by Gasteiger charge is 2.23. The van der Waals surface area contributed by atoms with Crippen LogP contribution in [0.15, 0.2) is 48.5 Å². The number of carboxylic acids is 2. The lowest BCUT2D eigenvalue weighted by molar-refractivity contribution is -0.152. The van der Waals surface area contributed by atoms with Gasteiger partial charge in [-0.25, -0.2) is 14.4 Å². The summed E-state index contributed by atoms with van der Waals surface area (Å²) >= 11 is 0. The fraction of sp³-hybridized carbons (Fsp3) is 0.158. The predicted molar refractivity (Wildman–Crippen MR) is 95.3 cm³/mol. The van der Waals surface area contributed by atoms with Gasteiger partial charge in [0.2, 0.25) is 0 Å². The molecule has 0 spiro atoms. The number of hydrogen-bond acceptors (Lipinski definition) is 6. The molecule has 146 valence electrons. The molecule has 0 aromatic heterocycles. The number of rotatable bonds is 7. The zero-order valence-electron chi connectivity index (χ0n) is 14.7. The number of hydrogen-bond donors (Lipinski definition) is 3. The normalized spacial score (nSPS) is 11.2. The standard InChI is InChI=1S/C19H17NO8/c1-27-14-4-2-3-12(10-14)19(26)28-13-7-5-11(6-8-13)9-15(17(22)23)20-16(21)18(24)25/h2-8,10,15H,9H2,1H3,(H,20,21)(H,22,23)(H,24,25)/t15-/m1/s1. The maximum Gasteiger partial charge on any atom is 0.394 e. The van der Waals surface area contributed by atoms with E-state index in [9.17, 15) is 19.2 Å². The van der Waals surface area contributed by atoms with E-state index in [-0.39, 0.29) is 12.2 Å². The van der Waals surface area contributed by atoms with Gasteiger partial charge in [0, 0.05) is 6.42 Å². The van der Waals surface area contributed by atoms with Crippen molar-refractivity contribution in [2.45, 2.75) is 12.5 Å². The number of benzene rings is 2. The Balaban J connectivity index is 2.03. The van der Waals surface area contributed by atoms with Crippen LogP contribution in [0.2, 0.25) is 0 Å². The molecule has 0 aliphatic rings. The van der Waals surface area contributed by atoms with E-state index in [1.807, 2.05) is 5.32 Å². The Hall–Kier alpha value is -3.88. The highest BCUT2D eigenvalue weighted by Crippen LogP contribution is 2.18. The molecule has 1 atom stereocenters. The molecule has 0 saturated carbocycles. The minimum atomic E-state index is -1.77. The summed E-state index contributed by atoms with van der Waals surface area (Å²) in [6.07, 6.45) is -0.140. The molecular formula is C19H17NO8. The van der Waals surface area contributed by atoms with Gasteiger partial charge in [0.15, 0.2) is 0 Å². The van der Waals surface area contributed by atoms with Crippen molar-refractivity contribution in [3.05, 3.63) is 59.7 Å². The molecule has 0 heterocycles. The van der Waals surface area contributed by atoms with Crippen LogP contribution >= 0.6 is 0 Å². The molecule has 0 bridgehead atoms. The second-order valence-corrected chi connectivity index (χ2v) is 5.64. The van der Waals surface area contributed by atoms with Crippen LogP contribution in [0.5, 0.6) is 11.5 Å². The Kier molecular flexibility index (Phi) is 6.69. The Bertz CT molecular complexity index is 891. The molecular weight excluding hydrogens is 370 g/mol. The first-order valence-electron chi connectivity index (χ1n) is 8.02. The Morgan fingerprint density at radius 3 is 2.25 bits per heavy atom. The van der Waals surface area contributed by atoms with E-state index >= 15 is 0 Å². The summed E-state index contributed by atoms with van der Waals surface area (Å²) in [6.45, 7) is 0. The Morgan fingerprint density at radius 1 is 1.00 bits per heavy atom. The van der Waals surface area contributed by atoms with Gasteiger partial charge in [0.25, 0.3) is 0 Å². The third-order valence-electron chi connectivity index (χ3n) is 3.68. The molecule has 9 nitrogen and oxygen atoms in total. The summed E-state index contributed by atoms with van der Waals surface area (Å²) in [5, 5.41) is 19.6. The first-order chi connectivity index (χ1) is 13.3. The fourth-order valence-corrected chi connectivity index (χ4v) is 2.27. The monoisotopic (exact) mass is 387 g/mol. The number of nitrogens with one attached hydrogen (secondary N) is 1. The lowest BCUT2D eigenvalue weighted by Gasteiger charge is -2.13. The fourth-order valence-electron chi connectivity index (χ4n) is 2.27. The molecule has 3 N–H and O–H groups in total. The lowest BCUT2D eigenvalue weighted by atomic mass is 10.1. The van der Waals surface area contributed by atoms with Crippen molar-refractivity contribution in [3.63, 3.8) is 0 Å². The summed E-state index contributed by atoms with van der Waals surface area (Å²) in [5.41, 5.74) is 0.796. The number of carbonyl (C=O) groups excluding carboxylic acids is 2. The van der Waals surface area contributed by atoms with Gasteiger partial charge < -0.3 is 25.0 Å². The molecule has 0 unspecified atom stereocenters. The minimum absolute atomic E-state index is 0.140. The molecule has 2 aromatic rings. The summed E-state index contributed by atoms with van der Waals surface area (Å²) in [6, 6.07) is 11.0. The van der Waals surface area contributed by atoms with Gasteiger partial charge in [-0.15, -0.1) is 0 Å². The van der Waals surface area contributed by atoms with E-state index in [1.54, 1.807) is 18.2 Å². The molecule has 0 fully saturated rings. The van der Waals surface area contributed by atoms with Gasteiger partial charge in [0.05, 0.1) is 12.7 Å². The maximum atomic E-state index is 12.2. The van der Waals surface area contributed by atoms with Crippen molar-refractivity contribution < 1.29 is 38.9 Å². The average molecular weight is 387 g/mol. The lowest BCUT2D eigenvalue weighted by Crippen LogP contribution is -2.45. The second kappa shape index (κ2) is 9.17. The second-order valence-electron chi connectivity index (χ2n) is 5.64. The highest BCUT2D eigenvalue weighted by molar-refractivity contribution is 6.31. The summed E-state index contributed by atoms with van der Waals surface area (Å²) in [5.74, 6) is -4.40. The van der Waals surface area contributed by atoms with Gasteiger partial charge >= 0.3 is 23.8 Å². The third kappa shape index (κ3) is 5.56. The molecule has 2 aromatic carbocycles. The van der Waals surface area contributed by atoms with Crippen molar-refractivity contribution in [2.24, 2.45) is 0 Å². The van der Waals surface area contributed by atoms with Crippen molar-refractivity contribution in [2.75, 3.05) is 7.11 Å². The van der Waals surface area contributed by atoms with Crippen LogP contribution in [0.1, 0.15) is 15.9 Å². The van der Waals surface area contributed by atoms with E-state index in [2.05, 4.69) is 0 Å². The predicted octanol–water partition coefficient (Wildman–Crippen LogP) is 1.11. The molecule has 2 rings (SSSR count). The van der Waals surface area contributed by atoms with Crippen LogP contribution in [-0.2, 0) is 20.8 Å². The third-order valence-corrected chi connectivity index (χ3v) is 3.68. The van der Waals surface area contributed by atoms with Crippen LogP contribution < -0.4 is 14.8 Å². The number of ether oxygens (including phenoxy) is 2. The van der Waals surface area contributed by atoms with E-state index in [1.165, 1.54) is 37.4 Å². The van der Waals surface area contributed by atoms with Crippen LogP contribution in [0, 0.1) is 0 Å². The summed E-state index contributed by atoms with van der Waals surface area (Å²) in [7, 11) is 1.48. The topological polar surface area (TPSA) is 139 Å². The minimum Gasteiger partial charge on any atom is -0.497 e.